The van der Waals surface area contributed by atoms with Crippen molar-refractivity contribution in [2.24, 2.45) is 11.3 Å². The molecule has 5 aliphatic heterocycles. The van der Waals surface area contributed by atoms with Crippen LogP contribution in [0.15, 0.2) is 200 Å². The average molecular weight is 902 g/mol. The first-order valence-corrected chi connectivity index (χ1v) is 23.8. The SMILES string of the molecule is O=C(C1CC(c2ccccc2)NC12C(=O)Nc1ccccc12)N1C/C(=C\c2cccc3ccccc23)C(=O)C2(C1)C(c1cccc3ccccc13)C(c1ccccc1)NC21C(=O)Nc2ccccc21. The lowest BCUT2D eigenvalue weighted by atomic mass is 9.54. The van der Waals surface area contributed by atoms with E-state index in [0.29, 0.717) is 34.5 Å². The number of benzene rings is 8. The first-order valence-electron chi connectivity index (χ1n) is 23.8. The minimum absolute atomic E-state index is 0.0356. The van der Waals surface area contributed by atoms with Gasteiger partial charge in [0, 0.05) is 59.2 Å². The molecule has 0 aromatic heterocycles. The number of hydrogen-bond acceptors (Lipinski definition) is 6. The number of rotatable bonds is 5. The van der Waals surface area contributed by atoms with Crippen LogP contribution >= 0.6 is 0 Å². The molecular weight excluding hydrogens is 855 g/mol. The zero-order valence-corrected chi connectivity index (χ0v) is 37.6. The summed E-state index contributed by atoms with van der Waals surface area (Å²) >= 11 is 0. The molecule has 8 aromatic carbocycles. The molecule has 0 radical (unpaired) electrons. The van der Waals surface area contributed by atoms with E-state index in [1.165, 1.54) is 0 Å². The lowest BCUT2D eigenvalue weighted by Crippen LogP contribution is -2.67. The van der Waals surface area contributed by atoms with Crippen LogP contribution in [-0.2, 0) is 30.3 Å². The van der Waals surface area contributed by atoms with Crippen LogP contribution in [0.25, 0.3) is 27.6 Å². The zero-order valence-electron chi connectivity index (χ0n) is 37.6. The van der Waals surface area contributed by atoms with Crippen LogP contribution in [0.5, 0.6) is 0 Å². The highest BCUT2D eigenvalue weighted by atomic mass is 16.2. The highest BCUT2D eigenvalue weighted by molar-refractivity contribution is 6.17. The lowest BCUT2D eigenvalue weighted by Gasteiger charge is -2.51. The molecule has 3 saturated heterocycles. The van der Waals surface area contributed by atoms with Gasteiger partial charge < -0.3 is 15.5 Å². The summed E-state index contributed by atoms with van der Waals surface area (Å²) in [4.78, 5) is 65.9. The second-order valence-corrected chi connectivity index (χ2v) is 19.3. The topological polar surface area (TPSA) is 120 Å². The number of ketones is 1. The molecule has 9 heteroatoms. The summed E-state index contributed by atoms with van der Waals surface area (Å²) in [5.74, 6) is -2.73. The van der Waals surface area contributed by atoms with Gasteiger partial charge in [-0.25, -0.2) is 0 Å². The Balaban J connectivity index is 1.09. The summed E-state index contributed by atoms with van der Waals surface area (Å²) in [7, 11) is 0. The molecule has 7 unspecified atom stereocenters. The third kappa shape index (κ3) is 5.84. The first-order chi connectivity index (χ1) is 33.8. The van der Waals surface area contributed by atoms with Crippen molar-refractivity contribution in [3.8, 4) is 0 Å². The van der Waals surface area contributed by atoms with E-state index in [2.05, 4.69) is 57.7 Å². The molecule has 0 bridgehead atoms. The smallest absolute Gasteiger partial charge is 0.250 e. The molecule has 3 fully saturated rings. The van der Waals surface area contributed by atoms with Gasteiger partial charge >= 0.3 is 0 Å². The Morgan fingerprint density at radius 3 is 1.90 bits per heavy atom. The maximum atomic E-state index is 17.0. The minimum Gasteiger partial charge on any atom is -0.337 e. The van der Waals surface area contributed by atoms with Gasteiger partial charge in [0.15, 0.2) is 5.78 Å². The maximum Gasteiger partial charge on any atom is 0.250 e. The summed E-state index contributed by atoms with van der Waals surface area (Å²) in [5.41, 5.74) is 1.86. The summed E-state index contributed by atoms with van der Waals surface area (Å²) < 4.78 is 0. The van der Waals surface area contributed by atoms with Crippen LogP contribution in [0.2, 0.25) is 0 Å². The number of fused-ring (bicyclic) bond motifs is 7. The van der Waals surface area contributed by atoms with Gasteiger partial charge in [0.05, 0.1) is 11.3 Å². The van der Waals surface area contributed by atoms with Gasteiger partial charge in [-0.2, -0.15) is 0 Å². The summed E-state index contributed by atoms with van der Waals surface area (Å²) in [5, 5.41) is 18.0. The van der Waals surface area contributed by atoms with Gasteiger partial charge in [-0.1, -0.05) is 182 Å². The Hall–Kier alpha value is -7.98. The fraction of sp³-hybridized carbons (Fsp3) is 0.167. The van der Waals surface area contributed by atoms with Crippen molar-refractivity contribution >= 4 is 62.5 Å². The Morgan fingerprint density at radius 1 is 0.565 bits per heavy atom. The normalized spacial score (nSPS) is 27.4. The van der Waals surface area contributed by atoms with Gasteiger partial charge in [0.25, 0.3) is 5.91 Å². The molecular formula is C60H47N5O4. The Labute approximate surface area is 399 Å². The number of para-hydroxylation sites is 2. The minimum atomic E-state index is -1.67. The van der Waals surface area contributed by atoms with Crippen LogP contribution in [0.4, 0.5) is 11.4 Å². The number of carbonyl (C=O) groups excluding carboxylic acids is 4. The van der Waals surface area contributed by atoms with Crippen molar-refractivity contribution in [3.05, 3.63) is 233 Å². The monoisotopic (exact) mass is 901 g/mol. The first kappa shape index (κ1) is 41.2. The fourth-order valence-electron chi connectivity index (χ4n) is 13.1. The molecule has 69 heavy (non-hydrogen) atoms. The number of nitrogens with one attached hydrogen (secondary N) is 4. The molecule has 4 N–H and O–H groups in total. The van der Waals surface area contributed by atoms with E-state index in [9.17, 15) is 4.79 Å². The van der Waals surface area contributed by atoms with Gasteiger partial charge in [0.1, 0.15) is 11.1 Å². The molecule has 0 saturated carbocycles. The predicted molar refractivity (Wildman–Crippen MR) is 269 cm³/mol. The van der Waals surface area contributed by atoms with Gasteiger partial charge in [-0.3, -0.25) is 29.8 Å². The van der Waals surface area contributed by atoms with E-state index in [1.54, 1.807) is 0 Å². The van der Waals surface area contributed by atoms with Crippen molar-refractivity contribution < 1.29 is 19.2 Å². The lowest BCUT2D eigenvalue weighted by molar-refractivity contribution is -0.151. The number of Topliss-reactive ketones (excluding diaryl/α,β-unsaturated/α-hetero) is 1. The van der Waals surface area contributed by atoms with Crippen LogP contribution in [-0.4, -0.2) is 41.5 Å². The van der Waals surface area contributed by atoms with Gasteiger partial charge in [-0.05, 0) is 68.4 Å². The highest BCUT2D eigenvalue weighted by Crippen LogP contribution is 2.67. The summed E-state index contributed by atoms with van der Waals surface area (Å²) in [6, 6.07) is 62.8. The zero-order chi connectivity index (χ0) is 46.5. The molecule has 336 valence electrons. The van der Waals surface area contributed by atoms with E-state index >= 15 is 14.4 Å². The number of anilines is 2. The van der Waals surface area contributed by atoms with Crippen LogP contribution in [0.1, 0.15) is 57.8 Å². The second kappa shape index (κ2) is 15.5. The van der Waals surface area contributed by atoms with Crippen molar-refractivity contribution in [1.82, 2.24) is 15.5 Å². The quantitative estimate of drug-likeness (QED) is 0.128. The number of amides is 3. The Kier molecular flexibility index (Phi) is 9.28. The maximum absolute atomic E-state index is 17.0. The number of piperidine rings is 1. The van der Waals surface area contributed by atoms with E-state index in [-0.39, 0.29) is 42.6 Å². The molecule has 3 spiro atoms. The number of hydrogen-bond donors (Lipinski definition) is 4. The standard InChI is InChI=1S/C60H47N5O4/c66-54-42(33-41-25-15-23-37-17-7-9-26-43(37)41)35-65(55(67)48-34-51(39-19-3-1-4-20-39)63-59(48)46-29-11-13-31-49(46)61-56(59)68)36-58(54)52(45-28-16-24-38-18-8-10-27-44(38)45)53(40-21-5-2-6-22-40)64-60(58)47-30-12-14-32-50(47)62-57(60)69/h1-33,48,51-53,63-64H,34-36H2,(H,61,68)(H,62,69)/b42-33+. The van der Waals surface area contributed by atoms with E-state index < -0.39 is 34.4 Å². The van der Waals surface area contributed by atoms with Crippen LogP contribution in [0, 0.1) is 11.3 Å². The van der Waals surface area contributed by atoms with Crippen molar-refractivity contribution in [2.45, 2.75) is 35.5 Å². The molecule has 0 aliphatic carbocycles. The third-order valence-corrected chi connectivity index (χ3v) is 16.0. The molecule has 5 aliphatic rings. The molecule has 13 rings (SSSR count). The second-order valence-electron chi connectivity index (χ2n) is 19.3. The summed E-state index contributed by atoms with van der Waals surface area (Å²) in [6.07, 6.45) is 2.26. The van der Waals surface area contributed by atoms with Gasteiger partial charge in [-0.15, -0.1) is 0 Å². The fourth-order valence-corrected chi connectivity index (χ4v) is 13.1. The third-order valence-electron chi connectivity index (χ3n) is 16.0. The molecule has 7 atom stereocenters. The number of carbonyl (C=O) groups is 4. The molecule has 8 aromatic rings. The Morgan fingerprint density at radius 2 is 1.14 bits per heavy atom. The van der Waals surface area contributed by atoms with Gasteiger partial charge in [0.2, 0.25) is 11.8 Å². The molecule has 9 nitrogen and oxygen atoms in total. The summed E-state index contributed by atoms with van der Waals surface area (Å²) in [6.45, 7) is -0.151. The van der Waals surface area contributed by atoms with Crippen LogP contribution < -0.4 is 21.3 Å². The molecule has 5 heterocycles. The largest absolute Gasteiger partial charge is 0.337 e. The van der Waals surface area contributed by atoms with Crippen LogP contribution in [0.3, 0.4) is 0 Å². The van der Waals surface area contributed by atoms with Crippen molar-refractivity contribution in [3.63, 3.8) is 0 Å². The van der Waals surface area contributed by atoms with E-state index in [4.69, 9.17) is 0 Å². The Bertz CT molecular complexity index is 3470. The van der Waals surface area contributed by atoms with Crippen molar-refractivity contribution in [1.29, 1.82) is 0 Å². The molecule has 3 amide bonds. The van der Waals surface area contributed by atoms with E-state index in [0.717, 1.165) is 43.8 Å². The average Bonchev–Trinajstić information content (AvgIpc) is 4.11. The highest BCUT2D eigenvalue weighted by Gasteiger charge is 2.76. The number of likely N-dealkylation sites (tertiary alicyclic amines) is 1. The van der Waals surface area contributed by atoms with E-state index in [1.807, 2.05) is 169 Å². The number of nitrogens with zero attached hydrogens (tertiary/aromatic N) is 1. The predicted octanol–water partition coefficient (Wildman–Crippen LogP) is 9.95. The van der Waals surface area contributed by atoms with Crippen molar-refractivity contribution in [2.75, 3.05) is 23.7 Å².